The molecular weight excluding hydrogens is 240 g/mol. The lowest BCUT2D eigenvalue weighted by molar-refractivity contribution is 0.0764. The summed E-state index contributed by atoms with van der Waals surface area (Å²) in [6.07, 6.45) is 6.86. The zero-order valence-electron chi connectivity index (χ0n) is 11.9. The van der Waals surface area contributed by atoms with Gasteiger partial charge in [-0.05, 0) is 24.7 Å². The molecule has 0 aliphatic carbocycles. The monoisotopic (exact) mass is 264 g/mol. The van der Waals surface area contributed by atoms with E-state index in [2.05, 4.69) is 18.8 Å². The maximum absolute atomic E-state index is 12.4. The molecule has 1 aliphatic rings. The highest BCUT2D eigenvalue weighted by Crippen LogP contribution is 2.37. The molecule has 0 saturated carbocycles. The predicted molar refractivity (Wildman–Crippen MR) is 74.8 cm³/mol. The Labute approximate surface area is 114 Å². The van der Waals surface area contributed by atoms with Crippen molar-refractivity contribution in [1.82, 2.24) is 14.5 Å². The molecule has 2 rings (SSSR count). The number of likely N-dealkylation sites (tertiary alicyclic amines) is 1. The minimum Gasteiger partial charge on any atom is -0.337 e. The lowest BCUT2D eigenvalue weighted by Gasteiger charge is -2.26. The molecule has 0 spiro atoms. The Hall–Kier alpha value is -1.36. The van der Waals surface area contributed by atoms with Crippen molar-refractivity contribution in [3.8, 4) is 0 Å². The first-order valence-electron chi connectivity index (χ1n) is 7.15. The molecule has 1 fully saturated rings. The van der Waals surface area contributed by atoms with Crippen LogP contribution in [0.2, 0.25) is 0 Å². The van der Waals surface area contributed by atoms with Gasteiger partial charge >= 0.3 is 0 Å². The van der Waals surface area contributed by atoms with E-state index >= 15 is 0 Å². The van der Waals surface area contributed by atoms with Gasteiger partial charge in [-0.25, -0.2) is 4.98 Å². The third kappa shape index (κ3) is 2.81. The zero-order valence-corrected chi connectivity index (χ0v) is 11.9. The molecule has 2 heterocycles. The van der Waals surface area contributed by atoms with Gasteiger partial charge < -0.3 is 15.2 Å². The van der Waals surface area contributed by atoms with Gasteiger partial charge in [0.05, 0.1) is 6.33 Å². The summed E-state index contributed by atoms with van der Waals surface area (Å²) in [4.78, 5) is 18.5. The molecule has 0 aromatic carbocycles. The molecule has 1 saturated heterocycles. The number of carbonyl (C=O) groups is 1. The molecule has 19 heavy (non-hydrogen) atoms. The molecule has 0 unspecified atom stereocenters. The van der Waals surface area contributed by atoms with E-state index in [1.165, 1.54) is 0 Å². The predicted octanol–water partition coefficient (Wildman–Crippen LogP) is 1.49. The number of hydrogen-bond donors (Lipinski definition) is 1. The van der Waals surface area contributed by atoms with Crippen LogP contribution >= 0.6 is 0 Å². The summed E-state index contributed by atoms with van der Waals surface area (Å²) in [6.45, 7) is 7.41. The number of amides is 1. The molecular formula is C14H24N4O. The summed E-state index contributed by atoms with van der Waals surface area (Å²) in [7, 11) is 0. The minimum absolute atomic E-state index is 0.0551. The normalized spacial score (nSPS) is 17.9. The molecule has 5 nitrogen and oxygen atoms in total. The van der Waals surface area contributed by atoms with E-state index in [0.717, 1.165) is 32.4 Å². The van der Waals surface area contributed by atoms with E-state index < -0.39 is 0 Å². The SMILES string of the molecule is CCC1(CC)CCN(C(=O)c2cn(CCN)cn2)C1. The third-order valence-electron chi connectivity index (χ3n) is 4.47. The van der Waals surface area contributed by atoms with Crippen molar-refractivity contribution in [1.29, 1.82) is 0 Å². The second-order valence-corrected chi connectivity index (χ2v) is 5.47. The number of hydrogen-bond acceptors (Lipinski definition) is 3. The summed E-state index contributed by atoms with van der Waals surface area (Å²) in [5, 5.41) is 0. The van der Waals surface area contributed by atoms with Gasteiger partial charge in [-0.3, -0.25) is 4.79 Å². The Bertz CT molecular complexity index is 436. The van der Waals surface area contributed by atoms with Crippen molar-refractivity contribution in [2.75, 3.05) is 19.6 Å². The van der Waals surface area contributed by atoms with Crippen LogP contribution < -0.4 is 5.73 Å². The van der Waals surface area contributed by atoms with Crippen LogP contribution in [0.25, 0.3) is 0 Å². The van der Waals surface area contributed by atoms with Crippen molar-refractivity contribution >= 4 is 5.91 Å². The summed E-state index contributed by atoms with van der Waals surface area (Å²) in [5.74, 6) is 0.0551. The molecule has 1 aromatic rings. The average Bonchev–Trinajstić information content (AvgIpc) is 3.05. The van der Waals surface area contributed by atoms with Gasteiger partial charge in [0, 0.05) is 32.4 Å². The molecule has 1 aromatic heterocycles. The van der Waals surface area contributed by atoms with Crippen LogP contribution in [-0.4, -0.2) is 40.0 Å². The fourth-order valence-electron chi connectivity index (χ4n) is 2.84. The number of imidazole rings is 1. The van der Waals surface area contributed by atoms with E-state index in [-0.39, 0.29) is 5.91 Å². The van der Waals surface area contributed by atoms with E-state index in [1.807, 2.05) is 9.47 Å². The maximum Gasteiger partial charge on any atom is 0.274 e. The average molecular weight is 264 g/mol. The fraction of sp³-hybridized carbons (Fsp3) is 0.714. The number of nitrogens with two attached hydrogens (primary N) is 1. The first-order valence-corrected chi connectivity index (χ1v) is 7.15. The summed E-state index contributed by atoms with van der Waals surface area (Å²) < 4.78 is 1.87. The van der Waals surface area contributed by atoms with E-state index in [0.29, 0.717) is 24.2 Å². The van der Waals surface area contributed by atoms with Crippen LogP contribution in [0.3, 0.4) is 0 Å². The Morgan fingerprint density at radius 2 is 2.21 bits per heavy atom. The van der Waals surface area contributed by atoms with Crippen LogP contribution in [0.1, 0.15) is 43.6 Å². The highest BCUT2D eigenvalue weighted by atomic mass is 16.2. The first-order chi connectivity index (χ1) is 9.14. The summed E-state index contributed by atoms with van der Waals surface area (Å²) in [6, 6.07) is 0. The van der Waals surface area contributed by atoms with Crippen LogP contribution in [0.15, 0.2) is 12.5 Å². The molecule has 0 radical (unpaired) electrons. The molecule has 0 atom stereocenters. The standard InChI is InChI=1S/C14H24N4O/c1-3-14(4-2)5-7-18(10-14)13(19)12-9-17(8-6-15)11-16-12/h9,11H,3-8,10,15H2,1-2H3. The molecule has 106 valence electrons. The van der Waals surface area contributed by atoms with Gasteiger partial charge in [0.1, 0.15) is 5.69 Å². The Morgan fingerprint density at radius 1 is 1.47 bits per heavy atom. The van der Waals surface area contributed by atoms with Gasteiger partial charge in [-0.15, -0.1) is 0 Å². The van der Waals surface area contributed by atoms with Crippen molar-refractivity contribution in [2.24, 2.45) is 11.1 Å². The Balaban J connectivity index is 2.04. The van der Waals surface area contributed by atoms with Crippen molar-refractivity contribution in [3.05, 3.63) is 18.2 Å². The van der Waals surface area contributed by atoms with Crippen molar-refractivity contribution in [2.45, 2.75) is 39.7 Å². The van der Waals surface area contributed by atoms with Crippen LogP contribution in [-0.2, 0) is 6.54 Å². The van der Waals surface area contributed by atoms with Gasteiger partial charge in [0.15, 0.2) is 0 Å². The number of aromatic nitrogens is 2. The van der Waals surface area contributed by atoms with Crippen LogP contribution in [0.5, 0.6) is 0 Å². The number of nitrogens with zero attached hydrogens (tertiary/aromatic N) is 3. The highest BCUT2D eigenvalue weighted by Gasteiger charge is 2.37. The van der Waals surface area contributed by atoms with Crippen molar-refractivity contribution in [3.63, 3.8) is 0 Å². The van der Waals surface area contributed by atoms with E-state index in [9.17, 15) is 4.79 Å². The van der Waals surface area contributed by atoms with E-state index in [4.69, 9.17) is 5.73 Å². The highest BCUT2D eigenvalue weighted by molar-refractivity contribution is 5.92. The van der Waals surface area contributed by atoms with Crippen molar-refractivity contribution < 1.29 is 4.79 Å². The minimum atomic E-state index is 0.0551. The summed E-state index contributed by atoms with van der Waals surface area (Å²) >= 11 is 0. The third-order valence-corrected chi connectivity index (χ3v) is 4.47. The Morgan fingerprint density at radius 3 is 2.79 bits per heavy atom. The quantitative estimate of drug-likeness (QED) is 0.876. The largest absolute Gasteiger partial charge is 0.337 e. The molecule has 0 bridgehead atoms. The molecule has 1 aliphatic heterocycles. The lowest BCUT2D eigenvalue weighted by atomic mass is 9.82. The van der Waals surface area contributed by atoms with Crippen LogP contribution in [0.4, 0.5) is 0 Å². The van der Waals surface area contributed by atoms with Gasteiger partial charge in [-0.2, -0.15) is 0 Å². The Kier molecular flexibility index (Phi) is 4.24. The molecule has 1 amide bonds. The topological polar surface area (TPSA) is 64.2 Å². The molecule has 5 heteroatoms. The second-order valence-electron chi connectivity index (χ2n) is 5.47. The second kappa shape index (κ2) is 5.74. The smallest absolute Gasteiger partial charge is 0.274 e. The maximum atomic E-state index is 12.4. The van der Waals surface area contributed by atoms with Gasteiger partial charge in [-0.1, -0.05) is 13.8 Å². The number of rotatable bonds is 5. The van der Waals surface area contributed by atoms with E-state index in [1.54, 1.807) is 12.5 Å². The first kappa shape index (κ1) is 14.1. The van der Waals surface area contributed by atoms with Gasteiger partial charge in [0.2, 0.25) is 0 Å². The zero-order chi connectivity index (χ0) is 13.9. The lowest BCUT2D eigenvalue weighted by Crippen LogP contribution is -2.32. The summed E-state index contributed by atoms with van der Waals surface area (Å²) in [5.41, 5.74) is 6.35. The van der Waals surface area contributed by atoms with Crippen LogP contribution in [0, 0.1) is 5.41 Å². The molecule has 2 N–H and O–H groups in total. The van der Waals surface area contributed by atoms with Gasteiger partial charge in [0.25, 0.3) is 5.91 Å². The fourth-order valence-corrected chi connectivity index (χ4v) is 2.84. The number of carbonyl (C=O) groups excluding carboxylic acids is 1.